The summed E-state index contributed by atoms with van der Waals surface area (Å²) in [6.07, 6.45) is 28.3. The third-order valence-corrected chi connectivity index (χ3v) is 6.13. The van der Waals surface area contributed by atoms with Crippen molar-refractivity contribution in [3.05, 3.63) is 24.8 Å². The van der Waals surface area contributed by atoms with E-state index in [4.69, 9.17) is 5.11 Å². The van der Waals surface area contributed by atoms with Crippen molar-refractivity contribution in [2.75, 3.05) is 26.7 Å². The molecule has 0 radical (unpaired) electrons. The number of unbranched alkanes of at least 4 members (excludes halogenated alkanes) is 15. The van der Waals surface area contributed by atoms with Crippen LogP contribution in [-0.2, 0) is 4.79 Å². The Morgan fingerprint density at radius 3 is 1.55 bits per heavy atom. The number of halogens is 1. The van der Waals surface area contributed by atoms with Crippen LogP contribution in [0.25, 0.3) is 0 Å². The van der Waals surface area contributed by atoms with Crippen molar-refractivity contribution in [2.45, 2.75) is 116 Å². The van der Waals surface area contributed by atoms with Crippen molar-refractivity contribution in [3.8, 4) is 0 Å². The molecule has 184 valence electrons. The van der Waals surface area contributed by atoms with Crippen LogP contribution in [0.15, 0.2) is 24.8 Å². The highest BCUT2D eigenvalue weighted by molar-refractivity contribution is 5.68. The fraction of sp³-hybridized carbons (Fsp3) is 0.815. The minimum absolute atomic E-state index is 0. The third-order valence-electron chi connectivity index (χ3n) is 6.13. The number of carboxylic acid groups (broad SMARTS) is 1. The summed E-state index contributed by atoms with van der Waals surface area (Å²) in [6, 6.07) is 0. The van der Waals surface area contributed by atoms with Gasteiger partial charge in [-0.3, -0.25) is 4.79 Å². The number of carbonyl (C=O) groups is 1. The summed E-state index contributed by atoms with van der Waals surface area (Å²) in [7, 11) is 2.25. The van der Waals surface area contributed by atoms with Gasteiger partial charge < -0.3 is 22.0 Å². The fourth-order valence-electron chi connectivity index (χ4n) is 4.12. The van der Waals surface area contributed by atoms with Crippen molar-refractivity contribution in [2.24, 2.45) is 0 Å². The molecular formula is C27H52ClNO2. The van der Waals surface area contributed by atoms with Gasteiger partial charge >= 0.3 is 5.97 Å². The molecule has 0 aliphatic heterocycles. The van der Waals surface area contributed by atoms with Crippen molar-refractivity contribution in [1.29, 1.82) is 0 Å². The highest BCUT2D eigenvalue weighted by Crippen LogP contribution is 2.14. The van der Waals surface area contributed by atoms with E-state index >= 15 is 0 Å². The zero-order valence-corrected chi connectivity index (χ0v) is 21.5. The van der Waals surface area contributed by atoms with E-state index in [9.17, 15) is 4.79 Å². The molecule has 0 rings (SSSR count). The van der Waals surface area contributed by atoms with Crippen LogP contribution in [-0.4, -0.2) is 42.2 Å². The lowest BCUT2D eigenvalue weighted by molar-refractivity contribution is -0.898. The zero-order chi connectivity index (χ0) is 22.3. The average molecular weight is 458 g/mol. The third kappa shape index (κ3) is 23.7. The van der Waals surface area contributed by atoms with Gasteiger partial charge in [-0.25, -0.2) is 0 Å². The molecule has 0 aliphatic rings. The highest BCUT2D eigenvalue weighted by Gasteiger charge is 2.17. The van der Waals surface area contributed by atoms with E-state index in [2.05, 4.69) is 20.6 Å². The minimum atomic E-state index is -0.762. The molecule has 0 spiro atoms. The molecule has 0 aromatic heterocycles. The van der Waals surface area contributed by atoms with Crippen LogP contribution >= 0.6 is 0 Å². The molecule has 1 unspecified atom stereocenters. The van der Waals surface area contributed by atoms with Crippen LogP contribution in [0.4, 0.5) is 0 Å². The molecular weight excluding hydrogens is 406 g/mol. The van der Waals surface area contributed by atoms with Crippen LogP contribution in [0.5, 0.6) is 0 Å². The summed E-state index contributed by atoms with van der Waals surface area (Å²) in [5.74, 6) is -0.762. The summed E-state index contributed by atoms with van der Waals surface area (Å²) in [5, 5.41) is 8.73. The summed E-state index contributed by atoms with van der Waals surface area (Å²) in [5.41, 5.74) is 0. The van der Waals surface area contributed by atoms with Crippen LogP contribution in [0.2, 0.25) is 0 Å². The second-order valence-electron chi connectivity index (χ2n) is 9.37. The molecule has 0 aromatic rings. The number of rotatable bonds is 23. The van der Waals surface area contributed by atoms with Crippen LogP contribution in [0.1, 0.15) is 116 Å². The van der Waals surface area contributed by atoms with Gasteiger partial charge in [0.25, 0.3) is 0 Å². The van der Waals surface area contributed by atoms with Gasteiger partial charge in [-0.1, -0.05) is 109 Å². The molecule has 0 amide bonds. The Labute approximate surface area is 200 Å². The lowest BCUT2D eigenvalue weighted by atomic mass is 10.0. The van der Waals surface area contributed by atoms with Gasteiger partial charge in [0.05, 0.1) is 33.1 Å². The summed E-state index contributed by atoms with van der Waals surface area (Å²) < 4.78 is 0.929. The van der Waals surface area contributed by atoms with Crippen molar-refractivity contribution in [3.63, 3.8) is 0 Å². The second-order valence-corrected chi connectivity index (χ2v) is 9.37. The lowest BCUT2D eigenvalue weighted by Gasteiger charge is -2.32. The molecule has 4 heteroatoms. The van der Waals surface area contributed by atoms with E-state index in [1.165, 1.54) is 103 Å². The monoisotopic (exact) mass is 457 g/mol. The van der Waals surface area contributed by atoms with E-state index in [1.807, 2.05) is 12.2 Å². The smallest absolute Gasteiger partial charge is 0.307 e. The molecule has 0 aliphatic carbocycles. The molecule has 0 fully saturated rings. The number of aliphatic carboxylic acids is 1. The highest BCUT2D eigenvalue weighted by atomic mass is 35.5. The lowest BCUT2D eigenvalue weighted by Crippen LogP contribution is -3.00. The van der Waals surface area contributed by atoms with Gasteiger partial charge in [-0.15, -0.1) is 0 Å². The van der Waals surface area contributed by atoms with E-state index in [0.29, 0.717) is 0 Å². The maximum Gasteiger partial charge on any atom is 0.307 e. The Balaban J connectivity index is 0. The minimum Gasteiger partial charge on any atom is -1.00 e. The Kier molecular flexibility index (Phi) is 24.9. The molecule has 31 heavy (non-hydrogen) atoms. The summed E-state index contributed by atoms with van der Waals surface area (Å²) >= 11 is 0. The number of carboxylic acids is 1. The summed E-state index contributed by atoms with van der Waals surface area (Å²) in [6.45, 7) is 9.15. The van der Waals surface area contributed by atoms with Crippen LogP contribution in [0, 0.1) is 0 Å². The molecule has 0 saturated heterocycles. The number of hydrogen-bond donors (Lipinski definition) is 1. The quantitative estimate of drug-likeness (QED) is 0.134. The van der Waals surface area contributed by atoms with E-state index in [-0.39, 0.29) is 18.8 Å². The van der Waals surface area contributed by atoms with Crippen molar-refractivity contribution in [1.82, 2.24) is 0 Å². The number of likely N-dealkylation sites (N-methyl/N-ethyl adjacent to an activating group) is 1. The van der Waals surface area contributed by atoms with Gasteiger partial charge in [-0.2, -0.15) is 0 Å². The summed E-state index contributed by atoms with van der Waals surface area (Å²) in [4.78, 5) is 10.6. The first-order valence-electron chi connectivity index (χ1n) is 12.9. The van der Waals surface area contributed by atoms with Crippen molar-refractivity contribution < 1.29 is 26.8 Å². The molecule has 0 aromatic carbocycles. The second kappa shape index (κ2) is 23.9. The van der Waals surface area contributed by atoms with E-state index in [1.54, 1.807) is 6.08 Å². The Hall–Kier alpha value is -0.800. The molecule has 0 bridgehead atoms. The Bertz CT molecular complexity index is 439. The average Bonchev–Trinajstić information content (AvgIpc) is 2.71. The normalized spacial score (nSPS) is 13.1. The maximum atomic E-state index is 10.6. The van der Waals surface area contributed by atoms with Gasteiger partial charge in [0, 0.05) is 0 Å². The molecule has 3 nitrogen and oxygen atoms in total. The van der Waals surface area contributed by atoms with Gasteiger partial charge in [-0.05, 0) is 25.0 Å². The standard InChI is InChI=1S/C27H51NO2.ClH/c1-4-6-7-8-9-10-11-12-13-14-15-16-17-18-19-21-25-28(3,24-5-2)26-22-20-23-27(29)30;/h5,20,22H,2,4,6-19,21,23-26H2,1,3H3;1H. The van der Waals surface area contributed by atoms with Crippen LogP contribution < -0.4 is 12.4 Å². The SMILES string of the molecule is C=CC[N+](C)(CC=CCC(=O)O)CCCCCCCCCCCCCCCCCC.[Cl-]. The van der Waals surface area contributed by atoms with E-state index < -0.39 is 5.97 Å². The van der Waals surface area contributed by atoms with Crippen molar-refractivity contribution >= 4 is 5.97 Å². The molecule has 0 heterocycles. The predicted molar refractivity (Wildman–Crippen MR) is 132 cm³/mol. The van der Waals surface area contributed by atoms with Gasteiger partial charge in [0.1, 0.15) is 0 Å². The molecule has 1 N–H and O–H groups in total. The number of nitrogens with zero attached hydrogens (tertiary/aromatic N) is 1. The number of hydrogen-bond acceptors (Lipinski definition) is 1. The maximum absolute atomic E-state index is 10.6. The largest absolute Gasteiger partial charge is 1.00 e. The topological polar surface area (TPSA) is 37.3 Å². The van der Waals surface area contributed by atoms with Gasteiger partial charge in [0.2, 0.25) is 0 Å². The fourth-order valence-corrected chi connectivity index (χ4v) is 4.12. The molecule has 0 saturated carbocycles. The Morgan fingerprint density at radius 1 is 0.742 bits per heavy atom. The van der Waals surface area contributed by atoms with E-state index in [0.717, 1.165) is 24.1 Å². The first-order chi connectivity index (χ1) is 14.5. The first-order valence-corrected chi connectivity index (χ1v) is 12.9. The first kappa shape index (κ1) is 32.4. The predicted octanol–water partition coefficient (Wildman–Crippen LogP) is 4.92. The zero-order valence-electron chi connectivity index (χ0n) is 20.8. The van der Waals surface area contributed by atoms with Crippen LogP contribution in [0.3, 0.4) is 0 Å². The molecule has 1 atom stereocenters. The van der Waals surface area contributed by atoms with Gasteiger partial charge in [0.15, 0.2) is 0 Å². The Morgan fingerprint density at radius 2 is 1.16 bits per heavy atom. The number of quaternary nitrogens is 1.